The second kappa shape index (κ2) is 12.3. The molecule has 5 nitrogen and oxygen atoms in total. The standard InChI is InChI=1S/C11H18FN3O2.BrH/c1-3-5-7-17-11(16)15-10(6-4-2)14-8-9(12)13;/h10,13-14H,3,5,7-8H2,1-2H3,(H,15,16);1H. The number of nitrogens with one attached hydrogen (secondary N) is 3. The normalized spacial score (nSPS) is 10.4. The average Bonchev–Trinajstić information content (AvgIpc) is 2.26. The molecule has 0 bridgehead atoms. The summed E-state index contributed by atoms with van der Waals surface area (Å²) in [4.78, 5) is 11.3. The highest BCUT2D eigenvalue weighted by Gasteiger charge is 2.10. The topological polar surface area (TPSA) is 74.2 Å². The molecule has 18 heavy (non-hydrogen) atoms. The van der Waals surface area contributed by atoms with E-state index in [1.165, 1.54) is 0 Å². The minimum absolute atomic E-state index is 0. The number of carbonyl (C=O) groups is 1. The van der Waals surface area contributed by atoms with Gasteiger partial charge in [0.25, 0.3) is 0 Å². The van der Waals surface area contributed by atoms with Crippen LogP contribution in [0, 0.1) is 17.3 Å². The Kier molecular flexibility index (Phi) is 13.2. The van der Waals surface area contributed by atoms with Crippen LogP contribution in [0.1, 0.15) is 26.7 Å². The lowest BCUT2D eigenvalue weighted by molar-refractivity contribution is 0.141. The van der Waals surface area contributed by atoms with Gasteiger partial charge in [-0.3, -0.25) is 16.0 Å². The molecule has 0 aromatic carbocycles. The molecule has 0 aliphatic rings. The number of hydrogen-bond donors (Lipinski definition) is 3. The number of halogens is 2. The van der Waals surface area contributed by atoms with Crippen molar-refractivity contribution in [2.24, 2.45) is 0 Å². The second-order valence-electron chi connectivity index (χ2n) is 3.25. The average molecular weight is 324 g/mol. The molecule has 1 amide bonds. The van der Waals surface area contributed by atoms with Gasteiger partial charge in [0.2, 0.25) is 0 Å². The lowest BCUT2D eigenvalue weighted by atomic mass is 10.4. The van der Waals surface area contributed by atoms with E-state index in [9.17, 15) is 9.18 Å². The lowest BCUT2D eigenvalue weighted by Gasteiger charge is -2.13. The van der Waals surface area contributed by atoms with E-state index in [1.807, 2.05) is 6.92 Å². The van der Waals surface area contributed by atoms with Gasteiger partial charge in [0, 0.05) is 0 Å². The number of alkyl carbamates (subject to hydrolysis) is 1. The van der Waals surface area contributed by atoms with Crippen LogP contribution in [0.5, 0.6) is 0 Å². The zero-order valence-electron chi connectivity index (χ0n) is 10.5. The third-order valence-electron chi connectivity index (χ3n) is 1.74. The quantitative estimate of drug-likeness (QED) is 0.290. The molecular weight excluding hydrogens is 305 g/mol. The van der Waals surface area contributed by atoms with Crippen molar-refractivity contribution in [2.75, 3.05) is 13.2 Å². The van der Waals surface area contributed by atoms with Crippen molar-refractivity contribution in [1.29, 1.82) is 5.41 Å². The van der Waals surface area contributed by atoms with Crippen LogP contribution in [0.4, 0.5) is 9.18 Å². The van der Waals surface area contributed by atoms with Crippen molar-refractivity contribution in [3.05, 3.63) is 0 Å². The maximum Gasteiger partial charge on any atom is 0.409 e. The number of amides is 1. The van der Waals surface area contributed by atoms with E-state index in [1.54, 1.807) is 6.92 Å². The zero-order valence-corrected chi connectivity index (χ0v) is 12.2. The maximum absolute atomic E-state index is 12.2. The third kappa shape index (κ3) is 11.4. The predicted molar refractivity (Wildman–Crippen MR) is 73.8 cm³/mol. The molecule has 3 N–H and O–H groups in total. The first-order chi connectivity index (χ1) is 8.10. The maximum atomic E-state index is 12.2. The Morgan fingerprint density at radius 1 is 1.56 bits per heavy atom. The Labute approximate surface area is 117 Å². The van der Waals surface area contributed by atoms with Crippen molar-refractivity contribution in [3.8, 4) is 11.8 Å². The molecule has 1 unspecified atom stereocenters. The fraction of sp³-hybridized carbons (Fsp3) is 0.636. The summed E-state index contributed by atoms with van der Waals surface area (Å²) in [6, 6.07) is 0. The van der Waals surface area contributed by atoms with Gasteiger partial charge >= 0.3 is 6.09 Å². The van der Waals surface area contributed by atoms with E-state index >= 15 is 0 Å². The lowest BCUT2D eigenvalue weighted by Crippen LogP contribution is -2.46. The van der Waals surface area contributed by atoms with Crippen LogP contribution in [0.3, 0.4) is 0 Å². The fourth-order valence-electron chi connectivity index (χ4n) is 0.943. The van der Waals surface area contributed by atoms with Gasteiger partial charge in [0.1, 0.15) is 6.17 Å². The number of hydrogen-bond acceptors (Lipinski definition) is 4. The van der Waals surface area contributed by atoms with Crippen molar-refractivity contribution in [3.63, 3.8) is 0 Å². The molecule has 0 aromatic rings. The Bertz CT molecular complexity index is 315. The van der Waals surface area contributed by atoms with Gasteiger partial charge in [-0.15, -0.1) is 22.9 Å². The molecule has 0 aliphatic heterocycles. The number of carbonyl (C=O) groups excluding carboxylic acids is 1. The summed E-state index contributed by atoms with van der Waals surface area (Å²) in [6.07, 6.45) is 0.400. The highest BCUT2D eigenvalue weighted by atomic mass is 79.9. The fourth-order valence-corrected chi connectivity index (χ4v) is 0.943. The highest BCUT2D eigenvalue weighted by Crippen LogP contribution is 1.89. The van der Waals surface area contributed by atoms with Crippen LogP contribution in [0.25, 0.3) is 0 Å². The summed E-state index contributed by atoms with van der Waals surface area (Å²) < 4.78 is 17.1. The Balaban J connectivity index is 0. The van der Waals surface area contributed by atoms with Crippen molar-refractivity contribution in [2.45, 2.75) is 32.9 Å². The molecular formula is C11H19BrFN3O2. The molecule has 0 fully saturated rings. The summed E-state index contributed by atoms with van der Waals surface area (Å²) in [6.45, 7) is 3.64. The Morgan fingerprint density at radius 2 is 2.22 bits per heavy atom. The van der Waals surface area contributed by atoms with Crippen molar-refractivity contribution in [1.82, 2.24) is 10.6 Å². The summed E-state index contributed by atoms with van der Waals surface area (Å²) in [5.41, 5.74) is 0. The van der Waals surface area contributed by atoms with Crippen LogP contribution in [-0.4, -0.2) is 31.4 Å². The van der Waals surface area contributed by atoms with Crippen molar-refractivity contribution >= 4 is 29.0 Å². The molecule has 0 radical (unpaired) electrons. The van der Waals surface area contributed by atoms with Gasteiger partial charge in [0.05, 0.1) is 13.2 Å². The van der Waals surface area contributed by atoms with Gasteiger partial charge in [-0.25, -0.2) is 4.79 Å². The SMILES string of the molecule is Br.CC#CC(NCC(=N)F)NC(=O)OCCCC. The van der Waals surface area contributed by atoms with Gasteiger partial charge in [-0.1, -0.05) is 19.3 Å². The van der Waals surface area contributed by atoms with Crippen LogP contribution in [0.2, 0.25) is 0 Å². The first-order valence-electron chi connectivity index (χ1n) is 5.42. The molecule has 0 heterocycles. The molecule has 0 rings (SSSR count). The van der Waals surface area contributed by atoms with E-state index in [-0.39, 0.29) is 23.5 Å². The van der Waals surface area contributed by atoms with Crippen LogP contribution in [-0.2, 0) is 4.74 Å². The molecule has 1 atom stereocenters. The molecule has 0 aliphatic carbocycles. The predicted octanol–water partition coefficient (Wildman–Crippen LogP) is 1.98. The molecule has 0 saturated carbocycles. The number of ether oxygens (including phenoxy) is 1. The molecule has 0 aromatic heterocycles. The zero-order chi connectivity index (χ0) is 13.1. The third-order valence-corrected chi connectivity index (χ3v) is 1.74. The summed E-state index contributed by atoms with van der Waals surface area (Å²) in [7, 11) is 0. The van der Waals surface area contributed by atoms with Gasteiger partial charge in [-0.2, -0.15) is 4.39 Å². The molecule has 0 saturated heterocycles. The Hall–Kier alpha value is -1.13. The Morgan fingerprint density at radius 3 is 2.72 bits per heavy atom. The van der Waals surface area contributed by atoms with E-state index in [4.69, 9.17) is 10.1 Å². The number of unbranched alkanes of at least 4 members (excludes halogenated alkanes) is 1. The molecule has 0 spiro atoms. The summed E-state index contributed by atoms with van der Waals surface area (Å²) >= 11 is 0. The monoisotopic (exact) mass is 323 g/mol. The first-order valence-corrected chi connectivity index (χ1v) is 5.42. The van der Waals surface area contributed by atoms with Crippen LogP contribution in [0.15, 0.2) is 0 Å². The van der Waals surface area contributed by atoms with E-state index < -0.39 is 18.2 Å². The minimum atomic E-state index is -1.02. The van der Waals surface area contributed by atoms with Gasteiger partial charge in [-0.05, 0) is 13.3 Å². The van der Waals surface area contributed by atoms with Gasteiger partial charge < -0.3 is 4.74 Å². The second-order valence-corrected chi connectivity index (χ2v) is 3.25. The largest absolute Gasteiger partial charge is 0.450 e. The molecule has 7 heteroatoms. The summed E-state index contributed by atoms with van der Waals surface area (Å²) in [5, 5.41) is 11.6. The van der Waals surface area contributed by atoms with E-state index in [2.05, 4.69) is 22.5 Å². The summed E-state index contributed by atoms with van der Waals surface area (Å²) in [5.74, 6) is 4.19. The van der Waals surface area contributed by atoms with Crippen LogP contribution < -0.4 is 10.6 Å². The van der Waals surface area contributed by atoms with Gasteiger partial charge in [0.15, 0.2) is 5.97 Å². The van der Waals surface area contributed by atoms with E-state index in [0.29, 0.717) is 6.61 Å². The smallest absolute Gasteiger partial charge is 0.409 e. The highest BCUT2D eigenvalue weighted by molar-refractivity contribution is 8.93. The van der Waals surface area contributed by atoms with Crippen LogP contribution >= 0.6 is 17.0 Å². The van der Waals surface area contributed by atoms with Crippen molar-refractivity contribution < 1.29 is 13.9 Å². The number of rotatable bonds is 7. The van der Waals surface area contributed by atoms with E-state index in [0.717, 1.165) is 12.8 Å². The molecule has 104 valence electrons. The minimum Gasteiger partial charge on any atom is -0.450 e. The first kappa shape index (κ1) is 19.2.